The van der Waals surface area contributed by atoms with Gasteiger partial charge in [-0.3, -0.25) is 0 Å². The van der Waals surface area contributed by atoms with Crippen molar-refractivity contribution in [2.45, 2.75) is 56.1 Å². The van der Waals surface area contributed by atoms with Gasteiger partial charge in [0, 0.05) is 18.6 Å². The molecule has 19 heavy (non-hydrogen) atoms. The molecule has 1 spiro atoms. The third kappa shape index (κ3) is 1.85. The van der Waals surface area contributed by atoms with Crippen LogP contribution in [0.25, 0.3) is 0 Å². The van der Waals surface area contributed by atoms with Gasteiger partial charge in [0.15, 0.2) is 0 Å². The standard InChI is InChI=1S/C17H23NO/c18-16(15-10-12-4-1-2-5-14(12)15)13-6-9-19-17(11-13)7-3-8-17/h1-2,4-5,13,15-16H,3,6-11,18H2. The van der Waals surface area contributed by atoms with E-state index in [0.29, 0.717) is 17.9 Å². The molecular weight excluding hydrogens is 234 g/mol. The molecule has 4 rings (SSSR count). The van der Waals surface area contributed by atoms with E-state index in [1.807, 2.05) is 0 Å². The van der Waals surface area contributed by atoms with Gasteiger partial charge in [0.1, 0.15) is 0 Å². The van der Waals surface area contributed by atoms with Crippen molar-refractivity contribution in [2.24, 2.45) is 11.7 Å². The first kappa shape index (κ1) is 11.9. The maximum absolute atomic E-state index is 6.61. The molecule has 2 N–H and O–H groups in total. The predicted octanol–water partition coefficient (Wildman–Crippen LogP) is 3.00. The minimum atomic E-state index is 0.226. The molecule has 3 unspecified atom stereocenters. The van der Waals surface area contributed by atoms with Gasteiger partial charge in [-0.2, -0.15) is 0 Å². The summed E-state index contributed by atoms with van der Waals surface area (Å²) < 4.78 is 6.03. The van der Waals surface area contributed by atoms with Crippen molar-refractivity contribution in [3.8, 4) is 0 Å². The highest BCUT2D eigenvalue weighted by atomic mass is 16.5. The van der Waals surface area contributed by atoms with Crippen LogP contribution in [0.15, 0.2) is 24.3 Å². The van der Waals surface area contributed by atoms with Crippen molar-refractivity contribution in [1.82, 2.24) is 0 Å². The van der Waals surface area contributed by atoms with E-state index < -0.39 is 0 Å². The van der Waals surface area contributed by atoms with Crippen LogP contribution in [0.5, 0.6) is 0 Å². The van der Waals surface area contributed by atoms with Gasteiger partial charge in [0.05, 0.1) is 5.60 Å². The maximum Gasteiger partial charge on any atom is 0.0685 e. The number of ether oxygens (including phenoxy) is 1. The van der Waals surface area contributed by atoms with Crippen molar-refractivity contribution in [1.29, 1.82) is 0 Å². The molecule has 2 aliphatic carbocycles. The normalized spacial score (nSPS) is 33.1. The van der Waals surface area contributed by atoms with E-state index in [0.717, 1.165) is 13.0 Å². The van der Waals surface area contributed by atoms with Crippen LogP contribution in [0.2, 0.25) is 0 Å². The fourth-order valence-corrected chi connectivity index (χ4v) is 4.28. The fraction of sp³-hybridized carbons (Fsp3) is 0.647. The van der Waals surface area contributed by atoms with Crippen molar-refractivity contribution in [3.63, 3.8) is 0 Å². The third-order valence-electron chi connectivity index (χ3n) is 5.70. The minimum Gasteiger partial charge on any atom is -0.375 e. The first-order valence-corrected chi connectivity index (χ1v) is 7.75. The Kier molecular flexibility index (Phi) is 2.71. The van der Waals surface area contributed by atoms with Crippen LogP contribution in [0.1, 0.15) is 49.1 Å². The first-order chi connectivity index (χ1) is 9.27. The van der Waals surface area contributed by atoms with Gasteiger partial charge in [0.2, 0.25) is 0 Å². The molecular formula is C17H23NO. The molecule has 0 radical (unpaired) electrons. The molecule has 1 aliphatic heterocycles. The zero-order chi connectivity index (χ0) is 12.9. The summed E-state index contributed by atoms with van der Waals surface area (Å²) in [5.41, 5.74) is 9.85. The van der Waals surface area contributed by atoms with Gasteiger partial charge >= 0.3 is 0 Å². The Labute approximate surface area is 115 Å². The lowest BCUT2D eigenvalue weighted by atomic mass is 9.65. The summed E-state index contributed by atoms with van der Waals surface area (Å²) in [6.45, 7) is 0.923. The Bertz CT molecular complexity index is 480. The van der Waals surface area contributed by atoms with Crippen LogP contribution in [0, 0.1) is 5.92 Å². The summed E-state index contributed by atoms with van der Waals surface area (Å²) in [6.07, 6.45) is 7.40. The maximum atomic E-state index is 6.61. The average Bonchev–Trinajstić information content (AvgIpc) is 2.38. The van der Waals surface area contributed by atoms with Gasteiger partial charge in [-0.1, -0.05) is 24.3 Å². The highest BCUT2D eigenvalue weighted by molar-refractivity contribution is 5.41. The lowest BCUT2D eigenvalue weighted by molar-refractivity contribution is -0.146. The van der Waals surface area contributed by atoms with Gasteiger partial charge in [0.25, 0.3) is 0 Å². The second-order valence-electron chi connectivity index (χ2n) is 6.72. The molecule has 102 valence electrons. The second-order valence-corrected chi connectivity index (χ2v) is 6.72. The van der Waals surface area contributed by atoms with Crippen LogP contribution in [0.3, 0.4) is 0 Å². The number of hydrogen-bond donors (Lipinski definition) is 1. The Morgan fingerprint density at radius 2 is 2.11 bits per heavy atom. The van der Waals surface area contributed by atoms with Gasteiger partial charge in [-0.15, -0.1) is 0 Å². The molecule has 3 aliphatic rings. The monoisotopic (exact) mass is 257 g/mol. The summed E-state index contributed by atoms with van der Waals surface area (Å²) >= 11 is 0. The van der Waals surface area contributed by atoms with Crippen molar-refractivity contribution in [3.05, 3.63) is 35.4 Å². The van der Waals surface area contributed by atoms with E-state index >= 15 is 0 Å². The molecule has 2 fully saturated rings. The predicted molar refractivity (Wildman–Crippen MR) is 76.1 cm³/mol. The first-order valence-electron chi connectivity index (χ1n) is 7.75. The highest BCUT2D eigenvalue weighted by Crippen LogP contribution is 2.48. The Morgan fingerprint density at radius 3 is 2.84 bits per heavy atom. The molecule has 2 nitrogen and oxygen atoms in total. The van der Waals surface area contributed by atoms with E-state index in [4.69, 9.17) is 10.5 Å². The quantitative estimate of drug-likeness (QED) is 0.884. The molecule has 2 heteroatoms. The summed E-state index contributed by atoms with van der Waals surface area (Å²) in [5.74, 6) is 1.25. The lowest BCUT2D eigenvalue weighted by Gasteiger charge is -2.50. The number of rotatable bonds is 2. The third-order valence-corrected chi connectivity index (χ3v) is 5.70. The van der Waals surface area contributed by atoms with Crippen molar-refractivity contribution < 1.29 is 4.74 Å². The zero-order valence-electron chi connectivity index (χ0n) is 11.5. The van der Waals surface area contributed by atoms with E-state index in [2.05, 4.69) is 24.3 Å². The topological polar surface area (TPSA) is 35.2 Å². The summed E-state index contributed by atoms with van der Waals surface area (Å²) in [5, 5.41) is 0. The highest BCUT2D eigenvalue weighted by Gasteiger charge is 2.46. The van der Waals surface area contributed by atoms with E-state index in [-0.39, 0.29) is 5.60 Å². The molecule has 1 saturated heterocycles. The number of benzene rings is 1. The smallest absolute Gasteiger partial charge is 0.0685 e. The SMILES string of the molecule is NC(C1CCOC2(CCC2)C1)C1Cc2ccccc21. The van der Waals surface area contributed by atoms with Gasteiger partial charge < -0.3 is 10.5 Å². The van der Waals surface area contributed by atoms with Crippen LogP contribution in [0.4, 0.5) is 0 Å². The van der Waals surface area contributed by atoms with E-state index in [1.54, 1.807) is 0 Å². The van der Waals surface area contributed by atoms with Gasteiger partial charge in [-0.25, -0.2) is 0 Å². The molecule has 0 bridgehead atoms. The van der Waals surface area contributed by atoms with Crippen LogP contribution in [-0.2, 0) is 11.2 Å². The summed E-state index contributed by atoms with van der Waals surface area (Å²) in [4.78, 5) is 0. The van der Waals surface area contributed by atoms with Crippen molar-refractivity contribution in [2.75, 3.05) is 6.61 Å². The van der Waals surface area contributed by atoms with E-state index in [1.165, 1.54) is 43.2 Å². The molecule has 1 aromatic carbocycles. The number of fused-ring (bicyclic) bond motifs is 1. The second kappa shape index (κ2) is 4.32. The van der Waals surface area contributed by atoms with Gasteiger partial charge in [-0.05, 0) is 55.6 Å². The fourth-order valence-electron chi connectivity index (χ4n) is 4.28. The Balaban J connectivity index is 1.48. The Hall–Kier alpha value is -0.860. The minimum absolute atomic E-state index is 0.226. The van der Waals surface area contributed by atoms with E-state index in [9.17, 15) is 0 Å². The average molecular weight is 257 g/mol. The molecule has 0 aromatic heterocycles. The number of hydrogen-bond acceptors (Lipinski definition) is 2. The largest absolute Gasteiger partial charge is 0.375 e. The van der Waals surface area contributed by atoms with Crippen LogP contribution in [-0.4, -0.2) is 18.2 Å². The number of nitrogens with two attached hydrogens (primary N) is 1. The molecule has 3 atom stereocenters. The van der Waals surface area contributed by atoms with Crippen LogP contribution < -0.4 is 5.73 Å². The molecule has 0 amide bonds. The molecule has 1 saturated carbocycles. The molecule has 1 aromatic rings. The zero-order valence-corrected chi connectivity index (χ0v) is 11.5. The van der Waals surface area contributed by atoms with Crippen molar-refractivity contribution >= 4 is 0 Å². The molecule has 1 heterocycles. The van der Waals surface area contributed by atoms with Crippen LogP contribution >= 0.6 is 0 Å². The summed E-state index contributed by atoms with van der Waals surface area (Å²) in [7, 11) is 0. The Morgan fingerprint density at radius 1 is 1.26 bits per heavy atom. The summed E-state index contributed by atoms with van der Waals surface area (Å²) in [6, 6.07) is 9.13. The lowest BCUT2D eigenvalue weighted by Crippen LogP contribution is -2.51.